The van der Waals surface area contributed by atoms with Crippen molar-refractivity contribution in [3.05, 3.63) is 71.3 Å². The molecule has 1 aliphatic carbocycles. The van der Waals surface area contributed by atoms with Crippen LogP contribution in [-0.2, 0) is 11.3 Å². The Morgan fingerprint density at radius 3 is 2.45 bits per heavy atom. The molecule has 1 aliphatic rings. The highest BCUT2D eigenvalue weighted by atomic mass is 16.3. The van der Waals surface area contributed by atoms with E-state index >= 15 is 0 Å². The third kappa shape index (κ3) is 2.37. The fourth-order valence-corrected chi connectivity index (χ4v) is 2.43. The van der Waals surface area contributed by atoms with Crippen LogP contribution in [0.4, 0.5) is 0 Å². The van der Waals surface area contributed by atoms with E-state index in [0.717, 1.165) is 0 Å². The van der Waals surface area contributed by atoms with Crippen LogP contribution < -0.4 is 0 Å². The molecule has 1 aromatic heterocycles. The molecule has 2 aromatic rings. The van der Waals surface area contributed by atoms with E-state index in [0.29, 0.717) is 16.9 Å². The molecule has 5 heteroatoms. The summed E-state index contributed by atoms with van der Waals surface area (Å²) in [6, 6.07) is 10.00. The van der Waals surface area contributed by atoms with Crippen molar-refractivity contribution in [1.29, 1.82) is 0 Å². The highest BCUT2D eigenvalue weighted by Crippen LogP contribution is 2.24. The molecular formula is C17H13NO4. The van der Waals surface area contributed by atoms with Gasteiger partial charge in [0.2, 0.25) is 11.7 Å². The first-order valence-corrected chi connectivity index (χ1v) is 6.78. The molecule has 0 spiro atoms. The molecule has 0 atom stereocenters. The normalized spacial score (nSPS) is 13.6. The van der Waals surface area contributed by atoms with Gasteiger partial charge in [-0.15, -0.1) is 0 Å². The van der Waals surface area contributed by atoms with Crippen molar-refractivity contribution in [3.63, 3.8) is 0 Å². The standard InChI is InChI=1S/C17H13NO4/c1-11(19)18(10-12-5-4-8-22-12)15-9-16(20)13-6-2-3-7-14(13)17(15)21/h2-9H,10H2,1H3. The molecule has 0 aliphatic heterocycles. The zero-order chi connectivity index (χ0) is 15.7. The van der Waals surface area contributed by atoms with Crippen molar-refractivity contribution < 1.29 is 18.8 Å². The quantitative estimate of drug-likeness (QED) is 0.873. The smallest absolute Gasteiger partial charge is 0.224 e. The molecule has 1 heterocycles. The molecule has 0 bridgehead atoms. The second kappa shape index (κ2) is 5.44. The highest BCUT2D eigenvalue weighted by molar-refractivity contribution is 6.25. The number of amides is 1. The first-order valence-electron chi connectivity index (χ1n) is 6.78. The molecule has 110 valence electrons. The first-order chi connectivity index (χ1) is 10.6. The average molecular weight is 295 g/mol. The van der Waals surface area contributed by atoms with Crippen molar-refractivity contribution in [1.82, 2.24) is 4.90 Å². The maximum atomic E-state index is 12.6. The van der Waals surface area contributed by atoms with Crippen LogP contribution in [0.3, 0.4) is 0 Å². The summed E-state index contributed by atoms with van der Waals surface area (Å²) >= 11 is 0. The molecule has 1 amide bonds. The maximum Gasteiger partial charge on any atom is 0.224 e. The minimum absolute atomic E-state index is 0.0765. The predicted molar refractivity (Wildman–Crippen MR) is 78.1 cm³/mol. The van der Waals surface area contributed by atoms with Crippen molar-refractivity contribution in [2.24, 2.45) is 0 Å². The van der Waals surface area contributed by atoms with Crippen LogP contribution in [0, 0.1) is 0 Å². The van der Waals surface area contributed by atoms with Gasteiger partial charge >= 0.3 is 0 Å². The number of fused-ring (bicyclic) bond motifs is 1. The molecule has 1 aromatic carbocycles. The van der Waals surface area contributed by atoms with Crippen LogP contribution in [-0.4, -0.2) is 22.4 Å². The lowest BCUT2D eigenvalue weighted by Crippen LogP contribution is -2.34. The van der Waals surface area contributed by atoms with Crippen LogP contribution in [0.25, 0.3) is 0 Å². The Kier molecular flexibility index (Phi) is 3.47. The lowest BCUT2D eigenvalue weighted by Gasteiger charge is -2.25. The van der Waals surface area contributed by atoms with Gasteiger partial charge in [0.05, 0.1) is 18.5 Å². The van der Waals surface area contributed by atoms with E-state index in [1.165, 1.54) is 24.2 Å². The Hall–Kier alpha value is -2.95. The van der Waals surface area contributed by atoms with Gasteiger partial charge in [-0.2, -0.15) is 0 Å². The van der Waals surface area contributed by atoms with E-state index in [2.05, 4.69) is 0 Å². The summed E-state index contributed by atoms with van der Waals surface area (Å²) in [5, 5.41) is 0. The summed E-state index contributed by atoms with van der Waals surface area (Å²) in [5.74, 6) is -0.411. The molecule has 0 unspecified atom stereocenters. The molecule has 0 saturated heterocycles. The van der Waals surface area contributed by atoms with Gasteiger partial charge in [0.15, 0.2) is 5.78 Å². The van der Waals surface area contributed by atoms with Gasteiger partial charge in [0, 0.05) is 24.1 Å². The van der Waals surface area contributed by atoms with Crippen LogP contribution in [0.1, 0.15) is 33.4 Å². The van der Waals surface area contributed by atoms with Crippen molar-refractivity contribution in [3.8, 4) is 0 Å². The zero-order valence-corrected chi connectivity index (χ0v) is 11.9. The van der Waals surface area contributed by atoms with Crippen LogP contribution in [0.2, 0.25) is 0 Å². The zero-order valence-electron chi connectivity index (χ0n) is 11.9. The second-order valence-corrected chi connectivity index (χ2v) is 4.95. The van der Waals surface area contributed by atoms with Gasteiger partial charge in [-0.25, -0.2) is 0 Å². The van der Waals surface area contributed by atoms with Crippen molar-refractivity contribution in [2.45, 2.75) is 13.5 Å². The van der Waals surface area contributed by atoms with E-state index in [-0.39, 0.29) is 29.7 Å². The van der Waals surface area contributed by atoms with E-state index in [9.17, 15) is 14.4 Å². The number of benzene rings is 1. The SMILES string of the molecule is CC(=O)N(Cc1ccco1)C1=CC(=O)c2ccccc2C1=O. The van der Waals surface area contributed by atoms with Gasteiger partial charge in [-0.3, -0.25) is 14.4 Å². The lowest BCUT2D eigenvalue weighted by atomic mass is 9.92. The maximum absolute atomic E-state index is 12.6. The third-order valence-electron chi connectivity index (χ3n) is 3.50. The number of hydrogen-bond acceptors (Lipinski definition) is 4. The van der Waals surface area contributed by atoms with Crippen molar-refractivity contribution in [2.75, 3.05) is 0 Å². The summed E-state index contributed by atoms with van der Waals surface area (Å²) in [4.78, 5) is 37.9. The topological polar surface area (TPSA) is 67.6 Å². The molecule has 5 nitrogen and oxygen atoms in total. The van der Waals surface area contributed by atoms with E-state index in [1.807, 2.05) is 0 Å². The lowest BCUT2D eigenvalue weighted by molar-refractivity contribution is -0.127. The van der Waals surface area contributed by atoms with E-state index < -0.39 is 0 Å². The molecule has 22 heavy (non-hydrogen) atoms. The van der Waals surface area contributed by atoms with Crippen LogP contribution in [0.15, 0.2) is 58.9 Å². The third-order valence-corrected chi connectivity index (χ3v) is 3.50. The van der Waals surface area contributed by atoms with Gasteiger partial charge in [0.25, 0.3) is 0 Å². The molecule has 0 fully saturated rings. The van der Waals surface area contributed by atoms with Gasteiger partial charge in [0.1, 0.15) is 5.76 Å². The first kappa shape index (κ1) is 14.0. The monoisotopic (exact) mass is 295 g/mol. The molecule has 0 saturated carbocycles. The molecule has 0 N–H and O–H groups in total. The van der Waals surface area contributed by atoms with Gasteiger partial charge in [-0.05, 0) is 12.1 Å². The second-order valence-electron chi connectivity index (χ2n) is 4.95. The predicted octanol–water partition coefficient (Wildman–Crippen LogP) is 2.59. The van der Waals surface area contributed by atoms with Gasteiger partial charge < -0.3 is 9.32 Å². The van der Waals surface area contributed by atoms with Crippen molar-refractivity contribution >= 4 is 17.5 Å². The van der Waals surface area contributed by atoms with Crippen LogP contribution in [0.5, 0.6) is 0 Å². The summed E-state index contributed by atoms with van der Waals surface area (Å²) in [6.45, 7) is 1.46. The number of ketones is 2. The number of carbonyl (C=O) groups is 3. The van der Waals surface area contributed by atoms with Crippen LogP contribution >= 0.6 is 0 Å². The highest BCUT2D eigenvalue weighted by Gasteiger charge is 2.30. The summed E-state index contributed by atoms with van der Waals surface area (Å²) in [7, 11) is 0. The van der Waals surface area contributed by atoms with E-state index in [1.54, 1.807) is 36.4 Å². The number of nitrogens with zero attached hydrogens (tertiary/aromatic N) is 1. The summed E-state index contributed by atoms with van der Waals surface area (Å²) in [6.07, 6.45) is 2.71. The number of allylic oxidation sites excluding steroid dienone is 2. The minimum atomic E-state index is -0.336. The van der Waals surface area contributed by atoms with E-state index in [4.69, 9.17) is 4.42 Å². The Bertz CT molecular complexity index is 787. The average Bonchev–Trinajstić information content (AvgIpc) is 3.02. The number of furan rings is 1. The Morgan fingerprint density at radius 1 is 1.09 bits per heavy atom. The number of Topliss-reactive ketones (excluding diaryl/α,β-unsaturated/α-hetero) is 1. The molecule has 3 rings (SSSR count). The number of hydrogen-bond donors (Lipinski definition) is 0. The minimum Gasteiger partial charge on any atom is -0.467 e. The number of carbonyl (C=O) groups excluding carboxylic acids is 3. The Balaban J connectivity index is 2.00. The fraction of sp³-hybridized carbons (Fsp3) is 0.118. The molecule has 0 radical (unpaired) electrons. The summed E-state index contributed by atoms with van der Waals surface area (Å²) in [5.41, 5.74) is 0.751. The largest absolute Gasteiger partial charge is 0.467 e. The Labute approximate surface area is 126 Å². The van der Waals surface area contributed by atoms with Gasteiger partial charge in [-0.1, -0.05) is 24.3 Å². The Morgan fingerprint density at radius 2 is 1.82 bits per heavy atom. The summed E-state index contributed by atoms with van der Waals surface area (Å²) < 4.78 is 5.22. The molecular weight excluding hydrogens is 282 g/mol. The number of rotatable bonds is 3. The fourth-order valence-electron chi connectivity index (χ4n) is 2.43.